The van der Waals surface area contributed by atoms with E-state index in [0.717, 1.165) is 11.3 Å². The highest BCUT2D eigenvalue weighted by atomic mass is 32.2. The van der Waals surface area contributed by atoms with Gasteiger partial charge in [-0.3, -0.25) is 9.52 Å². The van der Waals surface area contributed by atoms with Crippen molar-refractivity contribution in [1.82, 2.24) is 4.98 Å². The van der Waals surface area contributed by atoms with Crippen LogP contribution in [-0.2, 0) is 21.2 Å². The smallest absolute Gasteiger partial charge is 0.263 e. The molecule has 29 heavy (non-hydrogen) atoms. The second-order valence-corrected chi connectivity index (χ2v) is 9.04. The predicted molar refractivity (Wildman–Crippen MR) is 110 cm³/mol. The zero-order valence-electron chi connectivity index (χ0n) is 15.1. The van der Waals surface area contributed by atoms with Gasteiger partial charge in [-0.1, -0.05) is 0 Å². The molecule has 2 aromatic carbocycles. The highest BCUT2D eigenvalue weighted by Crippen LogP contribution is 2.28. The average Bonchev–Trinajstić information content (AvgIpc) is 3.31. The summed E-state index contributed by atoms with van der Waals surface area (Å²) in [6.07, 6.45) is 2.20. The molecular weight excluding hydrogens is 415 g/mol. The van der Waals surface area contributed by atoms with E-state index < -0.39 is 10.0 Å². The summed E-state index contributed by atoms with van der Waals surface area (Å²) in [5.74, 6) is -0.520. The third-order valence-electron chi connectivity index (χ3n) is 4.47. The summed E-state index contributed by atoms with van der Waals surface area (Å²) in [6, 6.07) is 10.4. The Morgan fingerprint density at radius 2 is 2.00 bits per heavy atom. The van der Waals surface area contributed by atoms with E-state index in [9.17, 15) is 17.6 Å². The van der Waals surface area contributed by atoms with Gasteiger partial charge in [-0.15, -0.1) is 11.3 Å². The first kappa shape index (κ1) is 19.3. The molecule has 7 nitrogen and oxygen atoms in total. The second kappa shape index (κ2) is 7.80. The summed E-state index contributed by atoms with van der Waals surface area (Å²) in [6.45, 7) is 0.774. The first-order valence-electron chi connectivity index (χ1n) is 8.76. The molecule has 0 radical (unpaired) electrons. The molecule has 150 valence electrons. The van der Waals surface area contributed by atoms with E-state index in [-0.39, 0.29) is 28.3 Å². The highest BCUT2D eigenvalue weighted by Gasteiger charge is 2.22. The largest absolute Gasteiger partial charge is 0.362 e. The Labute approximate surface area is 171 Å². The maximum atomic E-state index is 13.3. The summed E-state index contributed by atoms with van der Waals surface area (Å²) in [5, 5.41) is 4.71. The zero-order valence-corrected chi connectivity index (χ0v) is 16.8. The van der Waals surface area contributed by atoms with Gasteiger partial charge in [0.25, 0.3) is 10.0 Å². The Morgan fingerprint density at radius 3 is 2.72 bits per heavy atom. The number of sulfonamides is 1. The predicted octanol–water partition coefficient (Wildman–Crippen LogP) is 3.08. The van der Waals surface area contributed by atoms with Crippen LogP contribution in [0.3, 0.4) is 0 Å². The number of rotatable bonds is 6. The summed E-state index contributed by atoms with van der Waals surface area (Å²) in [4.78, 5) is 18.2. The van der Waals surface area contributed by atoms with E-state index in [1.165, 1.54) is 53.9 Å². The van der Waals surface area contributed by atoms with Crippen molar-refractivity contribution in [2.24, 2.45) is 0 Å². The molecule has 1 aromatic heterocycles. The molecule has 1 amide bonds. The van der Waals surface area contributed by atoms with Crippen molar-refractivity contribution < 1.29 is 17.6 Å². The highest BCUT2D eigenvalue weighted by molar-refractivity contribution is 7.93. The molecular formula is C19H17FN4O3S2. The number of hydrogen-bond donors (Lipinski definition) is 2. The van der Waals surface area contributed by atoms with Crippen LogP contribution in [0.25, 0.3) is 0 Å². The van der Waals surface area contributed by atoms with Crippen LogP contribution in [0.4, 0.5) is 20.9 Å². The lowest BCUT2D eigenvalue weighted by atomic mass is 10.2. The minimum atomic E-state index is -3.74. The number of thiazole rings is 1. The van der Waals surface area contributed by atoms with E-state index in [4.69, 9.17) is 0 Å². The number of carbonyl (C=O) groups is 1. The number of fused-ring (bicyclic) bond motifs is 1. The standard InChI is InChI=1S/C19H17FN4O3S2/c20-14-1-6-17-13(11-14)7-9-24(17)12-18(25)22-15-2-4-16(5-3-15)29(26,27)23-19-21-8-10-28-19/h1-6,8,10-11H,7,9,12H2,(H,21,23)(H,22,25). The molecule has 0 atom stereocenters. The van der Waals surface area contributed by atoms with E-state index in [1.54, 1.807) is 11.4 Å². The molecule has 10 heteroatoms. The number of halogens is 1. The summed E-state index contributed by atoms with van der Waals surface area (Å²) in [5.41, 5.74) is 2.23. The number of anilines is 3. The van der Waals surface area contributed by atoms with E-state index in [0.29, 0.717) is 18.7 Å². The maximum Gasteiger partial charge on any atom is 0.263 e. The fourth-order valence-electron chi connectivity index (χ4n) is 3.14. The number of nitrogens with one attached hydrogen (secondary N) is 2. The lowest BCUT2D eigenvalue weighted by molar-refractivity contribution is -0.115. The minimum Gasteiger partial charge on any atom is -0.362 e. The molecule has 2 N–H and O–H groups in total. The lowest BCUT2D eigenvalue weighted by Gasteiger charge is -2.18. The van der Waals surface area contributed by atoms with E-state index >= 15 is 0 Å². The van der Waals surface area contributed by atoms with E-state index in [2.05, 4.69) is 15.0 Å². The van der Waals surface area contributed by atoms with E-state index in [1.807, 2.05) is 4.90 Å². The Kier molecular flexibility index (Phi) is 5.20. The summed E-state index contributed by atoms with van der Waals surface area (Å²) < 4.78 is 40.4. The molecule has 0 bridgehead atoms. The van der Waals surface area contributed by atoms with Crippen molar-refractivity contribution >= 4 is 43.8 Å². The number of benzene rings is 2. The number of nitrogens with zero attached hydrogens (tertiary/aromatic N) is 2. The zero-order chi connectivity index (χ0) is 20.4. The van der Waals surface area contributed by atoms with Gasteiger partial charge in [0.1, 0.15) is 5.82 Å². The van der Waals surface area contributed by atoms with Crippen LogP contribution in [0.15, 0.2) is 58.9 Å². The minimum absolute atomic E-state index is 0.0706. The van der Waals surface area contributed by atoms with Crippen molar-refractivity contribution in [1.29, 1.82) is 0 Å². The van der Waals surface area contributed by atoms with Crippen molar-refractivity contribution in [2.75, 3.05) is 28.0 Å². The van der Waals surface area contributed by atoms with Crippen LogP contribution in [-0.4, -0.2) is 32.4 Å². The van der Waals surface area contributed by atoms with Crippen molar-refractivity contribution in [3.8, 4) is 0 Å². The van der Waals surface area contributed by atoms with Crippen LogP contribution >= 0.6 is 11.3 Å². The molecule has 2 heterocycles. The topological polar surface area (TPSA) is 91.4 Å². The third-order valence-corrected chi connectivity index (χ3v) is 6.64. The van der Waals surface area contributed by atoms with Gasteiger partial charge in [-0.05, 0) is 54.4 Å². The van der Waals surface area contributed by atoms with Gasteiger partial charge in [0.05, 0.1) is 11.4 Å². The number of carbonyl (C=O) groups excluding carboxylic acids is 1. The Bertz CT molecular complexity index is 1130. The first-order chi connectivity index (χ1) is 13.9. The monoisotopic (exact) mass is 432 g/mol. The van der Waals surface area contributed by atoms with Gasteiger partial charge < -0.3 is 10.2 Å². The van der Waals surface area contributed by atoms with Crippen LogP contribution in [0.5, 0.6) is 0 Å². The summed E-state index contributed by atoms with van der Waals surface area (Å²) in [7, 11) is -3.74. The fourth-order valence-corrected chi connectivity index (χ4v) is 4.93. The quantitative estimate of drug-likeness (QED) is 0.625. The average molecular weight is 433 g/mol. The van der Waals surface area contributed by atoms with Crippen molar-refractivity contribution in [3.63, 3.8) is 0 Å². The maximum absolute atomic E-state index is 13.3. The van der Waals surface area contributed by atoms with Gasteiger partial charge in [0, 0.05) is 29.5 Å². The summed E-state index contributed by atoms with van der Waals surface area (Å²) >= 11 is 1.18. The lowest BCUT2D eigenvalue weighted by Crippen LogP contribution is -2.31. The molecule has 0 spiro atoms. The van der Waals surface area contributed by atoms with Crippen LogP contribution in [0.1, 0.15) is 5.56 Å². The fraction of sp³-hybridized carbons (Fsp3) is 0.158. The Hall–Kier alpha value is -2.98. The molecule has 0 unspecified atom stereocenters. The van der Waals surface area contributed by atoms with Gasteiger partial charge in [-0.25, -0.2) is 17.8 Å². The molecule has 0 aliphatic carbocycles. The number of aromatic nitrogens is 1. The van der Waals surface area contributed by atoms with Crippen LogP contribution in [0.2, 0.25) is 0 Å². The van der Waals surface area contributed by atoms with Gasteiger partial charge in [0.2, 0.25) is 5.91 Å². The van der Waals surface area contributed by atoms with Crippen molar-refractivity contribution in [3.05, 3.63) is 65.4 Å². The molecule has 0 fully saturated rings. The van der Waals surface area contributed by atoms with Gasteiger partial charge >= 0.3 is 0 Å². The van der Waals surface area contributed by atoms with Crippen LogP contribution in [0, 0.1) is 5.82 Å². The Balaban J connectivity index is 1.39. The number of amides is 1. The molecule has 3 aromatic rings. The molecule has 1 aliphatic heterocycles. The van der Waals surface area contributed by atoms with Crippen LogP contribution < -0.4 is 14.9 Å². The van der Waals surface area contributed by atoms with Gasteiger partial charge in [-0.2, -0.15) is 0 Å². The SMILES string of the molecule is O=C(CN1CCc2cc(F)ccc21)Nc1ccc(S(=O)(=O)Nc2nccs2)cc1. The normalized spacial score (nSPS) is 13.2. The molecule has 1 aliphatic rings. The molecule has 4 rings (SSSR count). The first-order valence-corrected chi connectivity index (χ1v) is 11.1. The third kappa shape index (κ3) is 4.38. The number of hydrogen-bond acceptors (Lipinski definition) is 6. The molecule has 0 saturated heterocycles. The van der Waals surface area contributed by atoms with Crippen molar-refractivity contribution in [2.45, 2.75) is 11.3 Å². The Morgan fingerprint density at radius 1 is 1.21 bits per heavy atom. The molecule has 0 saturated carbocycles. The second-order valence-electron chi connectivity index (χ2n) is 6.46. The van der Waals surface area contributed by atoms with Gasteiger partial charge in [0.15, 0.2) is 5.13 Å².